The second-order valence-corrected chi connectivity index (χ2v) is 4.17. The van der Waals surface area contributed by atoms with Crippen molar-refractivity contribution in [3.8, 4) is 0 Å². The first-order valence-corrected chi connectivity index (χ1v) is 5.78. The fourth-order valence-electron chi connectivity index (χ4n) is 1.97. The maximum absolute atomic E-state index is 11.7. The van der Waals surface area contributed by atoms with Gasteiger partial charge in [0.1, 0.15) is 6.04 Å². The summed E-state index contributed by atoms with van der Waals surface area (Å²) in [4.78, 5) is 11.7. The highest BCUT2D eigenvalue weighted by Gasteiger charge is 2.26. The standard InChI is InChI=1S/C12H14ClNO2/c1-2-16-12(15)11-10-4-3-9(13)7-8(10)5-6-14-11/h3-4,7,11,14H,2,5-6H2,1H3/t11-/m1/s1. The van der Waals surface area contributed by atoms with Crippen molar-refractivity contribution < 1.29 is 9.53 Å². The number of rotatable bonds is 2. The highest BCUT2D eigenvalue weighted by Crippen LogP contribution is 2.26. The van der Waals surface area contributed by atoms with Gasteiger partial charge in [0, 0.05) is 11.6 Å². The van der Waals surface area contributed by atoms with Gasteiger partial charge in [-0.1, -0.05) is 17.7 Å². The van der Waals surface area contributed by atoms with E-state index in [-0.39, 0.29) is 12.0 Å². The first-order valence-electron chi connectivity index (χ1n) is 5.40. The van der Waals surface area contributed by atoms with Crippen molar-refractivity contribution in [2.45, 2.75) is 19.4 Å². The number of hydrogen-bond donors (Lipinski definition) is 1. The molecule has 1 N–H and O–H groups in total. The monoisotopic (exact) mass is 239 g/mol. The average molecular weight is 240 g/mol. The molecule has 0 fully saturated rings. The van der Waals surface area contributed by atoms with Crippen LogP contribution in [-0.4, -0.2) is 19.1 Å². The molecule has 0 amide bonds. The quantitative estimate of drug-likeness (QED) is 0.804. The van der Waals surface area contributed by atoms with Crippen molar-refractivity contribution in [1.82, 2.24) is 5.32 Å². The summed E-state index contributed by atoms with van der Waals surface area (Å²) in [5.74, 6) is -0.217. The molecule has 1 aromatic carbocycles. The highest BCUT2D eigenvalue weighted by atomic mass is 35.5. The minimum Gasteiger partial charge on any atom is -0.465 e. The number of halogens is 1. The Morgan fingerprint density at radius 1 is 1.62 bits per heavy atom. The number of carbonyl (C=O) groups is 1. The van der Waals surface area contributed by atoms with Gasteiger partial charge in [-0.05, 0) is 36.6 Å². The molecule has 1 aliphatic heterocycles. The molecule has 0 aromatic heterocycles. The molecule has 0 saturated carbocycles. The molecule has 0 unspecified atom stereocenters. The third-order valence-corrected chi connectivity index (χ3v) is 2.92. The molecule has 0 spiro atoms. The molecule has 1 atom stereocenters. The van der Waals surface area contributed by atoms with Crippen LogP contribution in [0.15, 0.2) is 18.2 Å². The van der Waals surface area contributed by atoms with Crippen LogP contribution in [0.4, 0.5) is 0 Å². The van der Waals surface area contributed by atoms with Crippen LogP contribution >= 0.6 is 11.6 Å². The Morgan fingerprint density at radius 2 is 2.44 bits per heavy atom. The Morgan fingerprint density at radius 3 is 3.19 bits per heavy atom. The second-order valence-electron chi connectivity index (χ2n) is 3.73. The summed E-state index contributed by atoms with van der Waals surface area (Å²) < 4.78 is 5.03. The molecule has 0 bridgehead atoms. The molecule has 86 valence electrons. The molecule has 0 aliphatic carbocycles. The van der Waals surface area contributed by atoms with Gasteiger partial charge in [-0.25, -0.2) is 4.79 Å². The fraction of sp³-hybridized carbons (Fsp3) is 0.417. The van der Waals surface area contributed by atoms with Gasteiger partial charge in [-0.2, -0.15) is 0 Å². The van der Waals surface area contributed by atoms with Crippen LogP contribution in [0.5, 0.6) is 0 Å². The zero-order chi connectivity index (χ0) is 11.5. The summed E-state index contributed by atoms with van der Waals surface area (Å²) in [5.41, 5.74) is 2.11. The fourth-order valence-corrected chi connectivity index (χ4v) is 2.16. The van der Waals surface area contributed by atoms with E-state index in [1.54, 1.807) is 6.07 Å². The highest BCUT2D eigenvalue weighted by molar-refractivity contribution is 6.30. The Balaban J connectivity index is 2.29. The van der Waals surface area contributed by atoms with E-state index >= 15 is 0 Å². The minimum absolute atomic E-state index is 0.217. The second kappa shape index (κ2) is 4.85. The van der Waals surface area contributed by atoms with Gasteiger partial charge >= 0.3 is 5.97 Å². The molecular weight excluding hydrogens is 226 g/mol. The van der Waals surface area contributed by atoms with Crippen LogP contribution in [0, 0.1) is 0 Å². The number of benzene rings is 1. The Hall–Kier alpha value is -1.06. The van der Waals surface area contributed by atoms with E-state index in [1.165, 1.54) is 0 Å². The topological polar surface area (TPSA) is 38.3 Å². The van der Waals surface area contributed by atoms with Gasteiger partial charge in [-0.3, -0.25) is 0 Å². The molecule has 0 radical (unpaired) electrons. The van der Waals surface area contributed by atoms with E-state index in [4.69, 9.17) is 16.3 Å². The Kier molecular flexibility index (Phi) is 3.46. The first-order chi connectivity index (χ1) is 7.72. The van der Waals surface area contributed by atoms with E-state index in [2.05, 4.69) is 5.32 Å². The molecule has 16 heavy (non-hydrogen) atoms. The van der Waals surface area contributed by atoms with Gasteiger partial charge < -0.3 is 10.1 Å². The Labute approximate surface area is 99.7 Å². The van der Waals surface area contributed by atoms with Crippen LogP contribution in [0.25, 0.3) is 0 Å². The maximum atomic E-state index is 11.7. The van der Waals surface area contributed by atoms with Crippen LogP contribution in [0.2, 0.25) is 5.02 Å². The van der Waals surface area contributed by atoms with Crippen molar-refractivity contribution in [3.63, 3.8) is 0 Å². The van der Waals surface area contributed by atoms with Crippen molar-refractivity contribution >= 4 is 17.6 Å². The maximum Gasteiger partial charge on any atom is 0.327 e. The molecule has 2 rings (SSSR count). The van der Waals surface area contributed by atoms with Crippen molar-refractivity contribution in [3.05, 3.63) is 34.3 Å². The molecule has 1 heterocycles. The van der Waals surface area contributed by atoms with Crippen molar-refractivity contribution in [2.75, 3.05) is 13.2 Å². The lowest BCUT2D eigenvalue weighted by molar-refractivity contribution is -0.146. The third-order valence-electron chi connectivity index (χ3n) is 2.68. The van der Waals surface area contributed by atoms with Gasteiger partial charge in [-0.15, -0.1) is 0 Å². The first kappa shape index (κ1) is 11.4. The minimum atomic E-state index is -0.346. The van der Waals surface area contributed by atoms with Crippen LogP contribution < -0.4 is 5.32 Å². The predicted molar refractivity (Wildman–Crippen MR) is 62.5 cm³/mol. The predicted octanol–water partition coefficient (Wildman–Crippen LogP) is 2.09. The smallest absolute Gasteiger partial charge is 0.327 e. The Bertz CT molecular complexity index is 406. The average Bonchev–Trinajstić information content (AvgIpc) is 2.28. The molecular formula is C12H14ClNO2. The lowest BCUT2D eigenvalue weighted by Gasteiger charge is -2.25. The number of hydrogen-bond acceptors (Lipinski definition) is 3. The van der Waals surface area contributed by atoms with Crippen LogP contribution in [0.3, 0.4) is 0 Å². The van der Waals surface area contributed by atoms with Crippen LogP contribution in [-0.2, 0) is 16.0 Å². The largest absolute Gasteiger partial charge is 0.465 e. The number of ether oxygens (including phenoxy) is 1. The molecule has 0 saturated heterocycles. The number of fused-ring (bicyclic) bond motifs is 1. The molecule has 1 aromatic rings. The van der Waals surface area contributed by atoms with E-state index in [1.807, 2.05) is 19.1 Å². The number of nitrogens with one attached hydrogen (secondary N) is 1. The van der Waals surface area contributed by atoms with Gasteiger partial charge in [0.15, 0.2) is 0 Å². The van der Waals surface area contributed by atoms with Crippen molar-refractivity contribution in [2.24, 2.45) is 0 Å². The summed E-state index contributed by atoms with van der Waals surface area (Å²) in [6.07, 6.45) is 0.895. The summed E-state index contributed by atoms with van der Waals surface area (Å²) in [5, 5.41) is 3.87. The van der Waals surface area contributed by atoms with E-state index < -0.39 is 0 Å². The zero-order valence-corrected chi connectivity index (χ0v) is 9.88. The zero-order valence-electron chi connectivity index (χ0n) is 9.13. The van der Waals surface area contributed by atoms with Crippen LogP contribution in [0.1, 0.15) is 24.1 Å². The van der Waals surface area contributed by atoms with Crippen molar-refractivity contribution in [1.29, 1.82) is 0 Å². The lowest BCUT2D eigenvalue weighted by Crippen LogP contribution is -2.36. The van der Waals surface area contributed by atoms with Gasteiger partial charge in [0.25, 0.3) is 0 Å². The molecule has 4 heteroatoms. The normalized spacial score (nSPS) is 19.0. The molecule has 1 aliphatic rings. The third kappa shape index (κ3) is 2.20. The summed E-state index contributed by atoms with van der Waals surface area (Å²) in [7, 11) is 0. The SMILES string of the molecule is CCOC(=O)[C@@H]1NCCc2cc(Cl)ccc21. The summed E-state index contributed by atoms with van der Waals surface area (Å²) in [6, 6.07) is 5.27. The van der Waals surface area contributed by atoms with E-state index in [0.717, 1.165) is 24.1 Å². The van der Waals surface area contributed by atoms with E-state index in [9.17, 15) is 4.79 Å². The number of carbonyl (C=O) groups excluding carboxylic acids is 1. The van der Waals surface area contributed by atoms with Gasteiger partial charge in [0.2, 0.25) is 0 Å². The molecule has 3 nitrogen and oxygen atoms in total. The van der Waals surface area contributed by atoms with E-state index in [0.29, 0.717) is 11.6 Å². The summed E-state index contributed by atoms with van der Waals surface area (Å²) in [6.45, 7) is 2.99. The summed E-state index contributed by atoms with van der Waals surface area (Å²) >= 11 is 5.93. The van der Waals surface area contributed by atoms with Gasteiger partial charge in [0.05, 0.1) is 6.61 Å². The lowest BCUT2D eigenvalue weighted by atomic mass is 9.94. The number of esters is 1.